The van der Waals surface area contributed by atoms with Gasteiger partial charge in [-0.15, -0.1) is 10.2 Å². The third kappa shape index (κ3) is 3.58. The molecule has 3 rings (SSSR count). The number of likely N-dealkylation sites (N-methyl/N-ethyl adjacent to an activating group) is 1. The van der Waals surface area contributed by atoms with Gasteiger partial charge in [-0.3, -0.25) is 4.79 Å². The summed E-state index contributed by atoms with van der Waals surface area (Å²) in [5.41, 5.74) is 1.00. The van der Waals surface area contributed by atoms with Gasteiger partial charge in [0.1, 0.15) is 11.1 Å². The molecule has 1 aromatic carbocycles. The summed E-state index contributed by atoms with van der Waals surface area (Å²) in [4.78, 5) is 14.3. The van der Waals surface area contributed by atoms with E-state index in [2.05, 4.69) is 14.8 Å². The second kappa shape index (κ2) is 7.17. The second-order valence-corrected chi connectivity index (χ2v) is 7.07. The average Bonchev–Trinajstić information content (AvgIpc) is 2.79. The normalized spacial score (nSPS) is 15.6. The maximum Gasteiger partial charge on any atom is 0.240 e. The molecule has 0 bridgehead atoms. The zero-order valence-electron chi connectivity index (χ0n) is 13.6. The quantitative estimate of drug-likeness (QED) is 0.809. The molecule has 1 aliphatic rings. The Balaban J connectivity index is 1.90. The first-order chi connectivity index (χ1) is 11.2. The minimum absolute atomic E-state index is 0.0761. The molecule has 1 aliphatic heterocycles. The van der Waals surface area contributed by atoms with Gasteiger partial charge in [0.05, 0.1) is 0 Å². The van der Waals surface area contributed by atoms with E-state index in [-0.39, 0.29) is 11.2 Å². The predicted molar refractivity (Wildman–Crippen MR) is 91.3 cm³/mol. The highest BCUT2D eigenvalue weighted by Gasteiger charge is 2.27. The van der Waals surface area contributed by atoms with Gasteiger partial charge in [0.15, 0.2) is 5.16 Å². The van der Waals surface area contributed by atoms with Gasteiger partial charge in [-0.1, -0.05) is 48.5 Å². The van der Waals surface area contributed by atoms with Crippen molar-refractivity contribution in [2.24, 2.45) is 0 Å². The van der Waals surface area contributed by atoms with Crippen molar-refractivity contribution in [3.8, 4) is 0 Å². The van der Waals surface area contributed by atoms with Crippen molar-refractivity contribution in [1.82, 2.24) is 19.7 Å². The Morgan fingerprint density at radius 2 is 1.96 bits per heavy atom. The summed E-state index contributed by atoms with van der Waals surface area (Å²) in [7, 11) is 3.59. The van der Waals surface area contributed by atoms with E-state index in [0.717, 1.165) is 35.9 Å². The van der Waals surface area contributed by atoms with Gasteiger partial charge >= 0.3 is 0 Å². The van der Waals surface area contributed by atoms with Gasteiger partial charge in [0.25, 0.3) is 0 Å². The first-order valence-corrected chi connectivity index (χ1v) is 8.89. The van der Waals surface area contributed by atoms with Crippen molar-refractivity contribution < 1.29 is 4.79 Å². The van der Waals surface area contributed by atoms with Crippen LogP contribution < -0.4 is 0 Å². The van der Waals surface area contributed by atoms with Crippen LogP contribution in [0.2, 0.25) is 0 Å². The molecule has 0 N–H and O–H groups in total. The Labute approximate surface area is 141 Å². The van der Waals surface area contributed by atoms with Crippen molar-refractivity contribution >= 4 is 17.7 Å². The summed E-state index contributed by atoms with van der Waals surface area (Å²) in [6, 6.07) is 9.90. The molecule has 0 aliphatic carbocycles. The van der Waals surface area contributed by atoms with Crippen LogP contribution in [0.1, 0.15) is 35.9 Å². The third-order valence-electron chi connectivity index (χ3n) is 4.07. The van der Waals surface area contributed by atoms with Gasteiger partial charge in [-0.2, -0.15) is 0 Å². The van der Waals surface area contributed by atoms with Gasteiger partial charge in [0.2, 0.25) is 5.91 Å². The van der Waals surface area contributed by atoms with Gasteiger partial charge in [0, 0.05) is 27.1 Å². The molecular formula is C17H22N4OS. The first-order valence-electron chi connectivity index (χ1n) is 8.01. The van der Waals surface area contributed by atoms with E-state index in [1.54, 1.807) is 19.0 Å². The number of amides is 1. The molecule has 2 aromatic rings. The Kier molecular flexibility index (Phi) is 5.00. The summed E-state index contributed by atoms with van der Waals surface area (Å²) in [5, 5.41) is 9.25. The van der Waals surface area contributed by atoms with Crippen molar-refractivity contribution in [3.05, 3.63) is 41.7 Å². The molecule has 0 saturated heterocycles. The largest absolute Gasteiger partial charge is 0.348 e. The molecule has 122 valence electrons. The molecular weight excluding hydrogens is 308 g/mol. The summed E-state index contributed by atoms with van der Waals surface area (Å²) < 4.78 is 2.19. The standard InChI is InChI=1S/C17H22N4OS/c1-20(2)16(22)15(13-9-5-3-6-10-13)23-17-19-18-14-11-7-4-8-12-21(14)17/h3,5-6,9-10,15H,4,7-8,11-12H2,1-2H3/t15-/m0/s1. The zero-order chi connectivity index (χ0) is 16.2. The van der Waals surface area contributed by atoms with Crippen LogP contribution in [0.4, 0.5) is 0 Å². The molecule has 1 aromatic heterocycles. The molecule has 5 nitrogen and oxygen atoms in total. The number of carbonyl (C=O) groups excluding carboxylic acids is 1. The maximum absolute atomic E-state index is 12.7. The zero-order valence-corrected chi connectivity index (χ0v) is 14.4. The van der Waals surface area contributed by atoms with Crippen LogP contribution in [0, 0.1) is 0 Å². The fourth-order valence-electron chi connectivity index (χ4n) is 2.77. The van der Waals surface area contributed by atoms with Crippen LogP contribution in [-0.2, 0) is 17.8 Å². The number of aryl methyl sites for hydroxylation is 1. The Hall–Kier alpha value is -1.82. The molecule has 23 heavy (non-hydrogen) atoms. The molecule has 1 amide bonds. The van der Waals surface area contributed by atoms with Crippen LogP contribution in [0.25, 0.3) is 0 Å². The number of hydrogen-bond acceptors (Lipinski definition) is 4. The monoisotopic (exact) mass is 330 g/mol. The molecule has 1 atom stereocenters. The first kappa shape index (κ1) is 16.1. The highest BCUT2D eigenvalue weighted by atomic mass is 32.2. The molecule has 0 unspecified atom stereocenters. The van der Waals surface area contributed by atoms with E-state index in [0.29, 0.717) is 0 Å². The molecule has 0 fully saturated rings. The van der Waals surface area contributed by atoms with E-state index in [9.17, 15) is 4.79 Å². The van der Waals surface area contributed by atoms with Crippen molar-refractivity contribution in [2.75, 3.05) is 14.1 Å². The summed E-state index contributed by atoms with van der Waals surface area (Å²) in [6.07, 6.45) is 4.52. The third-order valence-corrected chi connectivity index (χ3v) is 5.29. The number of benzene rings is 1. The maximum atomic E-state index is 12.7. The SMILES string of the molecule is CN(C)C(=O)[C@@H](Sc1nnc2n1CCCCC2)c1ccccc1. The van der Waals surface area contributed by atoms with Crippen molar-refractivity contribution in [3.63, 3.8) is 0 Å². The minimum Gasteiger partial charge on any atom is -0.348 e. The number of nitrogens with zero attached hydrogens (tertiary/aromatic N) is 4. The van der Waals surface area contributed by atoms with Gasteiger partial charge in [-0.25, -0.2) is 0 Å². The van der Waals surface area contributed by atoms with Gasteiger partial charge < -0.3 is 9.47 Å². The Bertz CT molecular complexity index is 668. The molecule has 0 saturated carbocycles. The Morgan fingerprint density at radius 1 is 1.17 bits per heavy atom. The summed E-state index contributed by atoms with van der Waals surface area (Å²) in [6.45, 7) is 0.947. The smallest absolute Gasteiger partial charge is 0.240 e. The average molecular weight is 330 g/mol. The van der Waals surface area contributed by atoms with E-state index in [1.165, 1.54) is 24.6 Å². The fourth-order valence-corrected chi connectivity index (χ4v) is 4.00. The highest BCUT2D eigenvalue weighted by Crippen LogP contribution is 2.36. The number of hydrogen-bond donors (Lipinski definition) is 0. The molecule has 6 heteroatoms. The van der Waals surface area contributed by atoms with Crippen molar-refractivity contribution in [1.29, 1.82) is 0 Å². The topological polar surface area (TPSA) is 51.0 Å². The highest BCUT2D eigenvalue weighted by molar-refractivity contribution is 8.00. The molecule has 0 radical (unpaired) electrons. The summed E-state index contributed by atoms with van der Waals surface area (Å²) in [5.74, 6) is 1.13. The van der Waals surface area contributed by atoms with Crippen LogP contribution in [0.3, 0.4) is 0 Å². The number of thioether (sulfide) groups is 1. The fraction of sp³-hybridized carbons (Fsp3) is 0.471. The number of fused-ring (bicyclic) bond motifs is 1. The lowest BCUT2D eigenvalue weighted by Gasteiger charge is -2.20. The van der Waals surface area contributed by atoms with E-state index in [4.69, 9.17) is 0 Å². The van der Waals surface area contributed by atoms with Gasteiger partial charge in [-0.05, 0) is 18.4 Å². The van der Waals surface area contributed by atoms with E-state index < -0.39 is 0 Å². The van der Waals surface area contributed by atoms with Crippen molar-refractivity contribution in [2.45, 2.75) is 42.6 Å². The number of rotatable bonds is 4. The van der Waals surface area contributed by atoms with E-state index in [1.807, 2.05) is 30.3 Å². The van der Waals surface area contributed by atoms with Crippen LogP contribution in [0.15, 0.2) is 35.5 Å². The molecule has 0 spiro atoms. The Morgan fingerprint density at radius 3 is 2.70 bits per heavy atom. The second-order valence-electron chi connectivity index (χ2n) is 6.00. The van der Waals surface area contributed by atoms with Crippen LogP contribution in [0.5, 0.6) is 0 Å². The minimum atomic E-state index is -0.289. The number of aromatic nitrogens is 3. The van der Waals surface area contributed by atoms with Crippen LogP contribution >= 0.6 is 11.8 Å². The lowest BCUT2D eigenvalue weighted by atomic mass is 10.1. The predicted octanol–water partition coefficient (Wildman–Crippen LogP) is 2.93. The van der Waals surface area contributed by atoms with Crippen LogP contribution in [-0.4, -0.2) is 39.7 Å². The number of carbonyl (C=O) groups is 1. The summed E-state index contributed by atoms with van der Waals surface area (Å²) >= 11 is 1.51. The lowest BCUT2D eigenvalue weighted by Crippen LogP contribution is -2.27. The lowest BCUT2D eigenvalue weighted by molar-refractivity contribution is -0.128. The van der Waals surface area contributed by atoms with E-state index >= 15 is 0 Å². The molecule has 2 heterocycles.